The number of benzene rings is 2. The van der Waals surface area contributed by atoms with E-state index in [-0.39, 0.29) is 48.0 Å². The number of carboxylic acid groups (broad SMARTS) is 1. The lowest BCUT2D eigenvalue weighted by molar-refractivity contribution is -0.142. The molecule has 1 saturated carbocycles. The predicted molar refractivity (Wildman–Crippen MR) is 159 cm³/mol. The smallest absolute Gasteiger partial charge is 0.305 e. The number of amides is 4. The number of hydrogen-bond donors (Lipinski definition) is 2. The molecule has 2 saturated heterocycles. The predicted octanol–water partition coefficient (Wildman–Crippen LogP) is 4.44. The van der Waals surface area contributed by atoms with Crippen LogP contribution >= 0.6 is 11.6 Å². The molecule has 3 fully saturated rings. The van der Waals surface area contributed by atoms with Gasteiger partial charge in [0.2, 0.25) is 23.6 Å². The summed E-state index contributed by atoms with van der Waals surface area (Å²) in [5.74, 6) is -7.23. The number of ether oxygens (including phenoxy) is 1. The van der Waals surface area contributed by atoms with Gasteiger partial charge >= 0.3 is 5.97 Å². The maximum Gasteiger partial charge on any atom is 0.305 e. The van der Waals surface area contributed by atoms with E-state index in [0.717, 1.165) is 21.4 Å². The number of imide groups is 2. The van der Waals surface area contributed by atoms with Gasteiger partial charge < -0.3 is 14.9 Å². The molecule has 6 atom stereocenters. The Kier molecular flexibility index (Phi) is 7.55. The Labute approximate surface area is 262 Å². The van der Waals surface area contributed by atoms with Crippen LogP contribution in [0.2, 0.25) is 5.02 Å². The third kappa shape index (κ3) is 4.72. The number of aromatic hydroxyl groups is 1. The molecule has 0 aromatic heterocycles. The quantitative estimate of drug-likeness (QED) is 0.336. The van der Waals surface area contributed by atoms with Crippen LogP contribution in [0.5, 0.6) is 11.5 Å². The Morgan fingerprint density at radius 3 is 2.56 bits per heavy atom. The summed E-state index contributed by atoms with van der Waals surface area (Å²) in [6.07, 6.45) is 5.38. The number of methoxy groups -OCH3 is 1. The van der Waals surface area contributed by atoms with Gasteiger partial charge in [-0.15, -0.1) is 0 Å². The first-order valence-corrected chi connectivity index (χ1v) is 14.9. The zero-order valence-corrected chi connectivity index (χ0v) is 25.2. The monoisotopic (exact) mass is 636 g/mol. The first-order chi connectivity index (χ1) is 21.4. The number of nitrogens with zero attached hydrogens (tertiary/aromatic N) is 2. The van der Waals surface area contributed by atoms with E-state index in [1.54, 1.807) is 31.2 Å². The van der Waals surface area contributed by atoms with E-state index in [1.807, 2.05) is 6.08 Å². The average Bonchev–Trinajstić information content (AvgIpc) is 3.36. The summed E-state index contributed by atoms with van der Waals surface area (Å²) in [5.41, 5.74) is 0.213. The standard InChI is InChI=1S/C33H30ClFN2O8/c1-33-21(8-3-16-4-10-25(38)26(13-16)45-2)18-6-7-19-28(31(43)36(29(19)41)12-11-27(39)40)20(18)15-22(33)30(42)37(32(33)44)17-5-9-24(35)23(34)14-17/h3-6,8-10,13-14,19-22,28,38H,7,11-12,15H2,1-2H3,(H,39,40). The molecule has 2 N–H and O–H groups in total. The lowest BCUT2D eigenvalue weighted by Crippen LogP contribution is -2.49. The zero-order valence-electron chi connectivity index (χ0n) is 24.4. The summed E-state index contributed by atoms with van der Waals surface area (Å²) in [7, 11) is 1.42. The van der Waals surface area contributed by atoms with Gasteiger partial charge in [-0.2, -0.15) is 0 Å². The van der Waals surface area contributed by atoms with Crippen molar-refractivity contribution < 1.29 is 43.3 Å². The first kappa shape index (κ1) is 30.5. The van der Waals surface area contributed by atoms with E-state index < -0.39 is 70.4 Å². The van der Waals surface area contributed by atoms with Gasteiger partial charge in [0.1, 0.15) is 5.82 Å². The second-order valence-corrected chi connectivity index (χ2v) is 12.5. The van der Waals surface area contributed by atoms with Crippen LogP contribution in [0.3, 0.4) is 0 Å². The number of halogens is 2. The van der Waals surface area contributed by atoms with Gasteiger partial charge in [0.05, 0.1) is 47.4 Å². The summed E-state index contributed by atoms with van der Waals surface area (Å²) >= 11 is 6.02. The largest absolute Gasteiger partial charge is 0.504 e. The number of allylic oxidation sites excluding steroid dienone is 3. The Morgan fingerprint density at radius 1 is 1.11 bits per heavy atom. The van der Waals surface area contributed by atoms with Gasteiger partial charge in [-0.1, -0.05) is 41.5 Å². The topological polar surface area (TPSA) is 142 Å². The highest BCUT2D eigenvalue weighted by molar-refractivity contribution is 6.31. The number of phenolic OH excluding ortho intramolecular Hbond substituents is 1. The van der Waals surface area contributed by atoms with E-state index >= 15 is 0 Å². The SMILES string of the molecule is COc1cc(C=CC2C3=CCC4C(=O)N(CCC(=O)O)C(=O)C4C3CC3C(=O)N(c4ccc(F)c(Cl)c4)C(=O)C23C)ccc1O. The number of carbonyl (C=O) groups excluding carboxylic acids is 4. The zero-order chi connectivity index (χ0) is 32.4. The second kappa shape index (κ2) is 11.1. The molecule has 4 amide bonds. The molecule has 0 spiro atoms. The highest BCUT2D eigenvalue weighted by Crippen LogP contribution is 2.61. The minimum absolute atomic E-state index is 0.0533. The van der Waals surface area contributed by atoms with Crippen LogP contribution < -0.4 is 9.64 Å². The van der Waals surface area contributed by atoms with Crippen LogP contribution in [0.15, 0.2) is 54.1 Å². The Morgan fingerprint density at radius 2 is 1.87 bits per heavy atom. The number of rotatable bonds is 7. The van der Waals surface area contributed by atoms with Gasteiger partial charge in [-0.05, 0) is 61.6 Å². The number of carboxylic acids is 1. The van der Waals surface area contributed by atoms with Crippen molar-refractivity contribution in [3.8, 4) is 11.5 Å². The normalized spacial score (nSPS) is 29.2. The van der Waals surface area contributed by atoms with Crippen molar-refractivity contribution in [2.24, 2.45) is 35.0 Å². The number of aliphatic carboxylic acids is 1. The lowest BCUT2D eigenvalue weighted by Gasteiger charge is -2.47. The number of hydrogen-bond acceptors (Lipinski definition) is 7. The molecular formula is C33H30ClFN2O8. The van der Waals surface area contributed by atoms with Crippen molar-refractivity contribution in [1.82, 2.24) is 4.90 Å². The van der Waals surface area contributed by atoms with Gasteiger partial charge in [-0.3, -0.25) is 28.9 Å². The Hall–Kier alpha value is -4.51. The molecule has 4 aliphatic rings. The van der Waals surface area contributed by atoms with Crippen molar-refractivity contribution in [3.05, 3.63) is 70.5 Å². The molecule has 2 aromatic carbocycles. The van der Waals surface area contributed by atoms with Crippen LogP contribution in [-0.4, -0.2) is 58.4 Å². The molecule has 2 heterocycles. The lowest BCUT2D eigenvalue weighted by atomic mass is 9.52. The van der Waals surface area contributed by atoms with Gasteiger partial charge in [0, 0.05) is 12.5 Å². The number of fused-ring (bicyclic) bond motifs is 4. The van der Waals surface area contributed by atoms with Gasteiger partial charge in [-0.25, -0.2) is 9.29 Å². The highest BCUT2D eigenvalue weighted by atomic mass is 35.5. The van der Waals surface area contributed by atoms with Crippen LogP contribution in [-0.2, 0) is 24.0 Å². The van der Waals surface area contributed by atoms with E-state index in [0.29, 0.717) is 5.56 Å². The molecule has 10 nitrogen and oxygen atoms in total. The number of phenols is 1. The summed E-state index contributed by atoms with van der Waals surface area (Å²) in [6.45, 7) is 1.46. The molecule has 6 unspecified atom stereocenters. The van der Waals surface area contributed by atoms with E-state index in [1.165, 1.54) is 25.3 Å². The maximum absolute atomic E-state index is 14.3. The minimum Gasteiger partial charge on any atom is -0.504 e. The number of anilines is 1. The van der Waals surface area contributed by atoms with Gasteiger partial charge in [0.15, 0.2) is 11.5 Å². The van der Waals surface area contributed by atoms with Crippen molar-refractivity contribution in [3.63, 3.8) is 0 Å². The fourth-order valence-corrected chi connectivity index (χ4v) is 7.76. The Balaban J connectivity index is 1.44. The van der Waals surface area contributed by atoms with Crippen LogP contribution in [0, 0.1) is 40.8 Å². The van der Waals surface area contributed by atoms with Crippen molar-refractivity contribution in [1.29, 1.82) is 0 Å². The van der Waals surface area contributed by atoms with E-state index in [4.69, 9.17) is 16.3 Å². The van der Waals surface area contributed by atoms with E-state index in [2.05, 4.69) is 0 Å². The maximum atomic E-state index is 14.3. The van der Waals surface area contributed by atoms with Crippen LogP contribution in [0.25, 0.3) is 6.08 Å². The molecule has 45 heavy (non-hydrogen) atoms. The highest BCUT2D eigenvalue weighted by Gasteiger charge is 2.66. The van der Waals surface area contributed by atoms with Gasteiger partial charge in [0.25, 0.3) is 0 Å². The van der Waals surface area contributed by atoms with Crippen molar-refractivity contribution >= 4 is 53.0 Å². The summed E-state index contributed by atoms with van der Waals surface area (Å²) in [4.78, 5) is 68.7. The number of carbonyl (C=O) groups is 5. The van der Waals surface area contributed by atoms with Crippen molar-refractivity contribution in [2.45, 2.75) is 26.2 Å². The summed E-state index contributed by atoms with van der Waals surface area (Å²) < 4.78 is 19.3. The summed E-state index contributed by atoms with van der Waals surface area (Å²) in [6, 6.07) is 8.37. The first-order valence-electron chi connectivity index (χ1n) is 14.5. The Bertz CT molecular complexity index is 1720. The molecule has 2 aromatic rings. The molecular weight excluding hydrogens is 607 g/mol. The molecule has 6 rings (SSSR count). The molecule has 12 heteroatoms. The fraction of sp³-hybridized carbons (Fsp3) is 0.364. The number of likely N-dealkylation sites (tertiary alicyclic amines) is 1. The fourth-order valence-electron chi connectivity index (χ4n) is 7.59. The third-order valence-corrected chi connectivity index (χ3v) is 10.1. The third-order valence-electron chi connectivity index (χ3n) is 9.83. The minimum atomic E-state index is -1.31. The van der Waals surface area contributed by atoms with E-state index in [9.17, 15) is 38.6 Å². The molecule has 0 bridgehead atoms. The van der Waals surface area contributed by atoms with Crippen LogP contribution in [0.1, 0.15) is 31.7 Å². The molecule has 2 aliphatic carbocycles. The molecule has 2 aliphatic heterocycles. The second-order valence-electron chi connectivity index (χ2n) is 12.1. The van der Waals surface area contributed by atoms with Crippen LogP contribution in [0.4, 0.5) is 10.1 Å². The molecule has 0 radical (unpaired) electrons. The van der Waals surface area contributed by atoms with Crippen molar-refractivity contribution in [2.75, 3.05) is 18.6 Å². The molecule has 234 valence electrons. The summed E-state index contributed by atoms with van der Waals surface area (Å²) in [5, 5.41) is 19.0. The average molecular weight is 637 g/mol.